The van der Waals surface area contributed by atoms with Crippen LogP contribution in [-0.4, -0.2) is 26.3 Å². The molecule has 0 aromatic rings. The van der Waals surface area contributed by atoms with Crippen LogP contribution < -0.4 is 5.32 Å². The lowest BCUT2D eigenvalue weighted by molar-refractivity contribution is 0.147. The molecule has 0 amide bonds. The minimum absolute atomic E-state index is 0.510. The molecule has 0 aliphatic rings. The summed E-state index contributed by atoms with van der Waals surface area (Å²) in [7, 11) is 1.78. The van der Waals surface area contributed by atoms with E-state index in [9.17, 15) is 0 Å². The summed E-state index contributed by atoms with van der Waals surface area (Å²) in [6.45, 7) is 11.1. The highest BCUT2D eigenvalue weighted by Gasteiger charge is 2.11. The first-order valence-electron chi connectivity index (χ1n) is 7.30. The number of methoxy groups -OCH3 is 1. The first-order chi connectivity index (χ1) is 8.07. The molecule has 0 aromatic carbocycles. The van der Waals surface area contributed by atoms with Gasteiger partial charge in [0.2, 0.25) is 0 Å². The molecular weight excluding hydrogens is 210 g/mol. The predicted octanol–water partition coefficient (Wildman–Crippen LogP) is 3.85. The second kappa shape index (κ2) is 11.0. The molecule has 1 N–H and O–H groups in total. The van der Waals surface area contributed by atoms with E-state index in [4.69, 9.17) is 4.74 Å². The van der Waals surface area contributed by atoms with E-state index in [1.165, 1.54) is 32.1 Å². The second-order valence-corrected chi connectivity index (χ2v) is 5.86. The Kier molecular flexibility index (Phi) is 11.0. The Labute approximate surface area is 109 Å². The van der Waals surface area contributed by atoms with Gasteiger partial charge in [0.1, 0.15) is 0 Å². The highest BCUT2D eigenvalue weighted by Crippen LogP contribution is 2.09. The fourth-order valence-corrected chi connectivity index (χ4v) is 1.99. The van der Waals surface area contributed by atoms with Crippen molar-refractivity contribution < 1.29 is 4.74 Å². The van der Waals surface area contributed by atoms with Crippen LogP contribution in [-0.2, 0) is 4.74 Å². The van der Waals surface area contributed by atoms with Gasteiger partial charge < -0.3 is 10.1 Å². The lowest BCUT2D eigenvalue weighted by atomic mass is 10.0. The highest BCUT2D eigenvalue weighted by molar-refractivity contribution is 4.69. The van der Waals surface area contributed by atoms with Crippen LogP contribution in [0, 0.1) is 11.8 Å². The molecule has 2 nitrogen and oxygen atoms in total. The van der Waals surface area contributed by atoms with Crippen LogP contribution in [0.4, 0.5) is 0 Å². The van der Waals surface area contributed by atoms with Crippen LogP contribution >= 0.6 is 0 Å². The third-order valence-electron chi connectivity index (χ3n) is 3.27. The molecule has 2 heteroatoms. The molecular formula is C15H33NO. The Morgan fingerprint density at radius 3 is 2.12 bits per heavy atom. The first kappa shape index (κ1) is 16.9. The molecule has 0 aliphatic carbocycles. The lowest BCUT2D eigenvalue weighted by Crippen LogP contribution is -2.38. The van der Waals surface area contributed by atoms with E-state index in [2.05, 4.69) is 33.0 Å². The minimum atomic E-state index is 0.510. The van der Waals surface area contributed by atoms with E-state index in [-0.39, 0.29) is 0 Å². The van der Waals surface area contributed by atoms with Crippen molar-refractivity contribution in [3.05, 3.63) is 0 Å². The Balaban J connectivity index is 3.36. The van der Waals surface area contributed by atoms with Gasteiger partial charge in [-0.1, -0.05) is 53.4 Å². The average Bonchev–Trinajstić information content (AvgIpc) is 2.25. The van der Waals surface area contributed by atoms with Crippen molar-refractivity contribution in [2.45, 2.75) is 65.8 Å². The van der Waals surface area contributed by atoms with Crippen molar-refractivity contribution in [2.75, 3.05) is 20.3 Å². The largest absolute Gasteiger partial charge is 0.383 e. The SMILES string of the molecule is COCC(NCCCCCCC(C)C)C(C)C. The molecule has 0 heterocycles. The molecule has 104 valence electrons. The summed E-state index contributed by atoms with van der Waals surface area (Å²) in [5.74, 6) is 1.51. The fourth-order valence-electron chi connectivity index (χ4n) is 1.99. The normalized spacial score (nSPS) is 13.6. The summed E-state index contributed by atoms with van der Waals surface area (Å²) in [4.78, 5) is 0. The molecule has 0 radical (unpaired) electrons. The Hall–Kier alpha value is -0.0800. The Morgan fingerprint density at radius 2 is 1.59 bits per heavy atom. The van der Waals surface area contributed by atoms with Gasteiger partial charge in [-0.2, -0.15) is 0 Å². The van der Waals surface area contributed by atoms with Crippen LogP contribution in [0.15, 0.2) is 0 Å². The molecule has 0 rings (SSSR count). The van der Waals surface area contributed by atoms with E-state index in [0.29, 0.717) is 12.0 Å². The van der Waals surface area contributed by atoms with Crippen LogP contribution in [0.5, 0.6) is 0 Å². The average molecular weight is 243 g/mol. The smallest absolute Gasteiger partial charge is 0.0618 e. The zero-order chi connectivity index (χ0) is 13.1. The molecule has 0 spiro atoms. The predicted molar refractivity (Wildman–Crippen MR) is 76.4 cm³/mol. The second-order valence-electron chi connectivity index (χ2n) is 5.86. The minimum Gasteiger partial charge on any atom is -0.383 e. The van der Waals surface area contributed by atoms with Gasteiger partial charge in [-0.15, -0.1) is 0 Å². The van der Waals surface area contributed by atoms with Crippen molar-refractivity contribution in [1.82, 2.24) is 5.32 Å². The molecule has 1 unspecified atom stereocenters. The van der Waals surface area contributed by atoms with E-state index < -0.39 is 0 Å². The molecule has 0 bridgehead atoms. The van der Waals surface area contributed by atoms with Gasteiger partial charge in [0.25, 0.3) is 0 Å². The topological polar surface area (TPSA) is 21.3 Å². The number of hydrogen-bond donors (Lipinski definition) is 1. The van der Waals surface area contributed by atoms with Gasteiger partial charge >= 0.3 is 0 Å². The lowest BCUT2D eigenvalue weighted by Gasteiger charge is -2.21. The molecule has 1 atom stereocenters. The number of ether oxygens (including phenoxy) is 1. The van der Waals surface area contributed by atoms with Crippen molar-refractivity contribution >= 4 is 0 Å². The summed E-state index contributed by atoms with van der Waals surface area (Å²) < 4.78 is 5.22. The molecule has 0 aliphatic heterocycles. The highest BCUT2D eigenvalue weighted by atomic mass is 16.5. The van der Waals surface area contributed by atoms with Crippen LogP contribution in [0.25, 0.3) is 0 Å². The van der Waals surface area contributed by atoms with Crippen molar-refractivity contribution in [3.8, 4) is 0 Å². The van der Waals surface area contributed by atoms with Crippen molar-refractivity contribution in [2.24, 2.45) is 11.8 Å². The Bertz CT molecular complexity index is 157. The van der Waals surface area contributed by atoms with Crippen molar-refractivity contribution in [3.63, 3.8) is 0 Å². The maximum absolute atomic E-state index is 5.22. The third-order valence-corrected chi connectivity index (χ3v) is 3.27. The molecule has 0 fully saturated rings. The van der Waals surface area contributed by atoms with Gasteiger partial charge in [-0.05, 0) is 24.8 Å². The first-order valence-corrected chi connectivity index (χ1v) is 7.30. The fraction of sp³-hybridized carbons (Fsp3) is 1.00. The van der Waals surface area contributed by atoms with Gasteiger partial charge in [0, 0.05) is 13.2 Å². The summed E-state index contributed by atoms with van der Waals surface area (Å²) in [5, 5.41) is 3.59. The summed E-state index contributed by atoms with van der Waals surface area (Å²) in [6, 6.07) is 0.510. The maximum atomic E-state index is 5.22. The van der Waals surface area contributed by atoms with Gasteiger partial charge in [0.15, 0.2) is 0 Å². The summed E-state index contributed by atoms with van der Waals surface area (Å²) >= 11 is 0. The molecule has 0 saturated carbocycles. The maximum Gasteiger partial charge on any atom is 0.0618 e. The summed E-state index contributed by atoms with van der Waals surface area (Å²) in [6.07, 6.45) is 6.81. The van der Waals surface area contributed by atoms with E-state index in [1.807, 2.05) is 0 Å². The number of rotatable bonds is 11. The number of nitrogens with one attached hydrogen (secondary N) is 1. The van der Waals surface area contributed by atoms with Crippen molar-refractivity contribution in [1.29, 1.82) is 0 Å². The van der Waals surface area contributed by atoms with Gasteiger partial charge in [-0.25, -0.2) is 0 Å². The summed E-state index contributed by atoms with van der Waals surface area (Å²) in [5.41, 5.74) is 0. The van der Waals surface area contributed by atoms with Crippen LogP contribution in [0.3, 0.4) is 0 Å². The van der Waals surface area contributed by atoms with Gasteiger partial charge in [-0.3, -0.25) is 0 Å². The zero-order valence-electron chi connectivity index (χ0n) is 12.6. The number of hydrogen-bond acceptors (Lipinski definition) is 2. The molecule has 0 aromatic heterocycles. The standard InChI is InChI=1S/C15H33NO/c1-13(2)10-8-6-7-9-11-16-15(12-17-5)14(3)4/h13-16H,6-12H2,1-5H3. The van der Waals surface area contributed by atoms with E-state index in [0.717, 1.165) is 19.1 Å². The molecule has 17 heavy (non-hydrogen) atoms. The monoisotopic (exact) mass is 243 g/mol. The van der Waals surface area contributed by atoms with Crippen LogP contribution in [0.2, 0.25) is 0 Å². The van der Waals surface area contributed by atoms with E-state index >= 15 is 0 Å². The van der Waals surface area contributed by atoms with Gasteiger partial charge in [0.05, 0.1) is 6.61 Å². The van der Waals surface area contributed by atoms with Crippen LogP contribution in [0.1, 0.15) is 59.8 Å². The zero-order valence-corrected chi connectivity index (χ0v) is 12.6. The molecule has 0 saturated heterocycles. The quantitative estimate of drug-likeness (QED) is 0.556. The Morgan fingerprint density at radius 1 is 0.941 bits per heavy atom. The third kappa shape index (κ3) is 10.8. The van der Waals surface area contributed by atoms with E-state index in [1.54, 1.807) is 7.11 Å². The number of unbranched alkanes of at least 4 members (excludes halogenated alkanes) is 3.